The van der Waals surface area contributed by atoms with Crippen LogP contribution in [0.1, 0.15) is 24.1 Å². The van der Waals surface area contributed by atoms with Gasteiger partial charge in [0, 0.05) is 28.4 Å². The SMILES string of the molecule is CCOc1ccc(N2C(=O)C3=C(C(c4ccc(Cl)cc4)=NCCN3)[C@H]2c2ccc(OC)cc2)cc1. The smallest absolute Gasteiger partial charge is 0.275 e. The minimum absolute atomic E-state index is 0.0893. The van der Waals surface area contributed by atoms with Crippen LogP contribution in [-0.4, -0.2) is 38.4 Å². The maximum atomic E-state index is 13.9. The van der Waals surface area contributed by atoms with Crippen molar-refractivity contribution in [3.8, 4) is 11.5 Å². The molecule has 3 aromatic carbocycles. The van der Waals surface area contributed by atoms with Crippen molar-refractivity contribution in [1.82, 2.24) is 5.32 Å². The number of hydrogen-bond donors (Lipinski definition) is 1. The maximum absolute atomic E-state index is 13.9. The lowest BCUT2D eigenvalue weighted by atomic mass is 9.91. The van der Waals surface area contributed by atoms with Gasteiger partial charge in [-0.05, 0) is 61.0 Å². The molecule has 6 nitrogen and oxygen atoms in total. The number of ether oxygens (including phenoxy) is 2. The number of aliphatic imine (C=N–C) groups is 1. The third kappa shape index (κ3) is 4.37. The number of carbonyl (C=O) groups excluding carboxylic acids is 1. The predicted octanol–water partition coefficient (Wildman–Crippen LogP) is 5.18. The van der Waals surface area contributed by atoms with E-state index in [9.17, 15) is 4.79 Å². The molecule has 2 heterocycles. The first-order chi connectivity index (χ1) is 17.1. The van der Waals surface area contributed by atoms with Crippen molar-refractivity contribution in [2.45, 2.75) is 13.0 Å². The van der Waals surface area contributed by atoms with Gasteiger partial charge in [-0.25, -0.2) is 0 Å². The van der Waals surface area contributed by atoms with E-state index >= 15 is 0 Å². The molecule has 0 spiro atoms. The highest BCUT2D eigenvalue weighted by Crippen LogP contribution is 2.43. The van der Waals surface area contributed by atoms with Crippen molar-refractivity contribution in [1.29, 1.82) is 0 Å². The normalized spacial score (nSPS) is 17.5. The molecule has 0 fully saturated rings. The fourth-order valence-electron chi connectivity index (χ4n) is 4.56. The van der Waals surface area contributed by atoms with Gasteiger partial charge in [0.25, 0.3) is 5.91 Å². The largest absolute Gasteiger partial charge is 0.497 e. The number of hydrogen-bond acceptors (Lipinski definition) is 5. The van der Waals surface area contributed by atoms with Gasteiger partial charge < -0.3 is 14.8 Å². The van der Waals surface area contributed by atoms with E-state index < -0.39 is 0 Å². The summed E-state index contributed by atoms with van der Waals surface area (Å²) in [6.07, 6.45) is 0. The average Bonchev–Trinajstić information content (AvgIpc) is 3.02. The molecule has 0 aliphatic carbocycles. The lowest BCUT2D eigenvalue weighted by Gasteiger charge is -2.28. The van der Waals surface area contributed by atoms with Crippen molar-refractivity contribution in [3.63, 3.8) is 0 Å². The minimum Gasteiger partial charge on any atom is -0.497 e. The fourth-order valence-corrected chi connectivity index (χ4v) is 4.69. The summed E-state index contributed by atoms with van der Waals surface area (Å²) in [6.45, 7) is 3.67. The summed E-state index contributed by atoms with van der Waals surface area (Å²) in [7, 11) is 1.64. The summed E-state index contributed by atoms with van der Waals surface area (Å²) in [5.41, 5.74) is 4.89. The van der Waals surface area contributed by atoms with Gasteiger partial charge >= 0.3 is 0 Å². The Kier molecular flexibility index (Phi) is 6.47. The van der Waals surface area contributed by atoms with Gasteiger partial charge in [-0.1, -0.05) is 35.9 Å². The summed E-state index contributed by atoms with van der Waals surface area (Å²) in [5, 5.41) is 4.01. The highest BCUT2D eigenvalue weighted by Gasteiger charge is 2.44. The van der Waals surface area contributed by atoms with Crippen LogP contribution in [0.2, 0.25) is 5.02 Å². The molecule has 0 unspecified atom stereocenters. The first-order valence-corrected chi connectivity index (χ1v) is 12.0. The highest BCUT2D eigenvalue weighted by molar-refractivity contribution is 6.31. The summed E-state index contributed by atoms with van der Waals surface area (Å²) >= 11 is 6.16. The zero-order valence-electron chi connectivity index (χ0n) is 19.6. The predicted molar refractivity (Wildman–Crippen MR) is 139 cm³/mol. The molecule has 1 N–H and O–H groups in total. The van der Waals surface area contributed by atoms with E-state index in [0.29, 0.717) is 30.4 Å². The second-order valence-corrected chi connectivity index (χ2v) is 8.67. The second-order valence-electron chi connectivity index (χ2n) is 8.23. The van der Waals surface area contributed by atoms with E-state index in [-0.39, 0.29) is 11.9 Å². The van der Waals surface area contributed by atoms with Crippen LogP contribution < -0.4 is 19.7 Å². The van der Waals surface area contributed by atoms with Crippen LogP contribution in [0, 0.1) is 0 Å². The molecule has 5 rings (SSSR count). The molecular formula is C28H26ClN3O3. The molecule has 7 heteroatoms. The van der Waals surface area contributed by atoms with E-state index in [1.165, 1.54) is 0 Å². The van der Waals surface area contributed by atoms with Gasteiger partial charge in [-0.15, -0.1) is 0 Å². The number of halogens is 1. The average molecular weight is 488 g/mol. The topological polar surface area (TPSA) is 63.2 Å². The number of amides is 1. The van der Waals surface area contributed by atoms with Crippen LogP contribution in [-0.2, 0) is 4.79 Å². The van der Waals surface area contributed by atoms with Crippen molar-refractivity contribution in [3.05, 3.63) is 100 Å². The lowest BCUT2D eigenvalue weighted by molar-refractivity contribution is -0.115. The van der Waals surface area contributed by atoms with Crippen molar-refractivity contribution in [2.24, 2.45) is 4.99 Å². The molecule has 0 bridgehead atoms. The van der Waals surface area contributed by atoms with Crippen LogP contribution in [0.25, 0.3) is 0 Å². The van der Waals surface area contributed by atoms with Crippen LogP contribution in [0.3, 0.4) is 0 Å². The van der Waals surface area contributed by atoms with Crippen LogP contribution in [0.4, 0.5) is 5.69 Å². The number of anilines is 1. The molecule has 0 saturated carbocycles. The van der Waals surface area contributed by atoms with Gasteiger partial charge in [0.1, 0.15) is 17.2 Å². The van der Waals surface area contributed by atoms with Gasteiger partial charge in [-0.3, -0.25) is 14.7 Å². The Morgan fingerprint density at radius 3 is 2.34 bits per heavy atom. The van der Waals surface area contributed by atoms with Gasteiger partial charge in [0.15, 0.2) is 0 Å². The molecule has 0 saturated heterocycles. The first-order valence-electron chi connectivity index (χ1n) is 11.6. The quantitative estimate of drug-likeness (QED) is 0.520. The molecule has 3 aromatic rings. The van der Waals surface area contributed by atoms with Crippen LogP contribution in [0.5, 0.6) is 11.5 Å². The molecule has 2 aliphatic rings. The Hall–Kier alpha value is -3.77. The van der Waals surface area contributed by atoms with Gasteiger partial charge in [0.2, 0.25) is 0 Å². The van der Waals surface area contributed by atoms with E-state index in [1.807, 2.05) is 84.6 Å². The molecule has 2 aliphatic heterocycles. The molecule has 0 aromatic heterocycles. The minimum atomic E-state index is -0.374. The molecular weight excluding hydrogens is 462 g/mol. The van der Waals surface area contributed by atoms with Crippen LogP contribution >= 0.6 is 11.6 Å². The number of rotatable bonds is 6. The number of benzene rings is 3. The third-order valence-electron chi connectivity index (χ3n) is 6.15. The molecule has 1 amide bonds. The number of nitrogens with one attached hydrogen (secondary N) is 1. The van der Waals surface area contributed by atoms with Crippen molar-refractivity contribution in [2.75, 3.05) is 31.7 Å². The van der Waals surface area contributed by atoms with Crippen molar-refractivity contribution < 1.29 is 14.3 Å². The van der Waals surface area contributed by atoms with Gasteiger partial charge in [0.05, 0.1) is 32.0 Å². The van der Waals surface area contributed by atoms with E-state index in [2.05, 4.69) is 5.32 Å². The lowest BCUT2D eigenvalue weighted by Crippen LogP contribution is -2.33. The second kappa shape index (κ2) is 9.84. The van der Waals surface area contributed by atoms with Crippen LogP contribution in [0.15, 0.2) is 89.1 Å². The van der Waals surface area contributed by atoms with E-state index in [0.717, 1.165) is 39.6 Å². The highest BCUT2D eigenvalue weighted by atomic mass is 35.5. The zero-order chi connectivity index (χ0) is 24.4. The molecule has 0 radical (unpaired) electrons. The first kappa shape index (κ1) is 23.0. The Morgan fingerprint density at radius 1 is 1.00 bits per heavy atom. The maximum Gasteiger partial charge on any atom is 0.275 e. The zero-order valence-corrected chi connectivity index (χ0v) is 20.4. The van der Waals surface area contributed by atoms with Gasteiger partial charge in [-0.2, -0.15) is 0 Å². The monoisotopic (exact) mass is 487 g/mol. The van der Waals surface area contributed by atoms with E-state index in [1.54, 1.807) is 7.11 Å². The number of nitrogens with zero attached hydrogens (tertiary/aromatic N) is 2. The third-order valence-corrected chi connectivity index (χ3v) is 6.40. The Labute approximate surface area is 209 Å². The Bertz CT molecular complexity index is 1280. The summed E-state index contributed by atoms with van der Waals surface area (Å²) < 4.78 is 11.0. The summed E-state index contributed by atoms with van der Waals surface area (Å²) in [5.74, 6) is 1.43. The summed E-state index contributed by atoms with van der Waals surface area (Å²) in [4.78, 5) is 20.6. The number of methoxy groups -OCH3 is 1. The van der Waals surface area contributed by atoms with Crippen molar-refractivity contribution >= 4 is 28.9 Å². The molecule has 1 atom stereocenters. The van der Waals surface area contributed by atoms with E-state index in [4.69, 9.17) is 26.1 Å². The molecule has 35 heavy (non-hydrogen) atoms. The fraction of sp³-hybridized carbons (Fsp3) is 0.214. The Morgan fingerprint density at radius 2 is 1.69 bits per heavy atom. The standard InChI is InChI=1S/C28H26ClN3O3/c1-3-35-23-14-10-21(11-15-23)32-27(19-6-12-22(34-2)13-7-19)24-25(18-4-8-20(29)9-5-18)30-16-17-31-26(24)28(32)33/h4-15,27,31H,3,16-17H2,1-2H3/t27-/m1/s1. The molecule has 178 valence electrons. The Balaban J connectivity index is 1.66. The summed E-state index contributed by atoms with van der Waals surface area (Å²) in [6, 6.07) is 22.7. The number of carbonyl (C=O) groups is 1.